The molecule has 0 bridgehead atoms. The fourth-order valence-electron chi connectivity index (χ4n) is 3.62. The Labute approximate surface area is 172 Å². The van der Waals surface area contributed by atoms with Crippen molar-refractivity contribution >= 4 is 23.2 Å². The first-order valence-electron chi connectivity index (χ1n) is 9.40. The molecule has 1 aliphatic heterocycles. The van der Waals surface area contributed by atoms with Crippen LogP contribution in [0, 0.1) is 0 Å². The monoisotopic (exact) mass is 425 g/mol. The SMILES string of the molecule is CN1CCCC[C@@H]1c1ccc(CNC(=O)c2cc(Cl)c(N)c(C(F)(F)F)c2)cc1. The van der Waals surface area contributed by atoms with Gasteiger partial charge < -0.3 is 11.1 Å². The molecule has 1 aliphatic rings. The molecule has 4 nitrogen and oxygen atoms in total. The van der Waals surface area contributed by atoms with E-state index in [2.05, 4.69) is 17.3 Å². The van der Waals surface area contributed by atoms with Crippen molar-refractivity contribution in [3.63, 3.8) is 0 Å². The summed E-state index contributed by atoms with van der Waals surface area (Å²) in [5.41, 5.74) is 5.60. The first-order chi connectivity index (χ1) is 13.7. The number of anilines is 1. The second-order valence-corrected chi connectivity index (χ2v) is 7.74. The minimum absolute atomic E-state index is 0.183. The predicted octanol–water partition coefficient (Wildman–Crippen LogP) is 5.03. The highest BCUT2D eigenvalue weighted by atomic mass is 35.5. The largest absolute Gasteiger partial charge is 0.418 e. The van der Waals surface area contributed by atoms with Crippen molar-refractivity contribution in [3.05, 3.63) is 63.7 Å². The number of carbonyl (C=O) groups excluding carboxylic acids is 1. The molecule has 0 radical (unpaired) electrons. The van der Waals surface area contributed by atoms with Gasteiger partial charge in [-0.1, -0.05) is 42.3 Å². The zero-order chi connectivity index (χ0) is 21.2. The maximum absolute atomic E-state index is 13.1. The Morgan fingerprint density at radius 2 is 1.93 bits per heavy atom. The molecule has 1 amide bonds. The number of nitrogens with two attached hydrogens (primary N) is 1. The molecule has 3 rings (SSSR count). The summed E-state index contributed by atoms with van der Waals surface area (Å²) in [6.45, 7) is 1.27. The molecule has 2 aromatic carbocycles. The van der Waals surface area contributed by atoms with Crippen LogP contribution in [0.5, 0.6) is 0 Å². The third-order valence-electron chi connectivity index (χ3n) is 5.29. The van der Waals surface area contributed by atoms with E-state index in [4.69, 9.17) is 17.3 Å². The Morgan fingerprint density at radius 1 is 1.24 bits per heavy atom. The summed E-state index contributed by atoms with van der Waals surface area (Å²) >= 11 is 5.78. The highest BCUT2D eigenvalue weighted by molar-refractivity contribution is 6.33. The van der Waals surface area contributed by atoms with Crippen LogP contribution in [-0.2, 0) is 12.7 Å². The molecule has 0 saturated carbocycles. The fraction of sp³-hybridized carbons (Fsp3) is 0.381. The normalized spacial score (nSPS) is 17.9. The molecule has 1 saturated heterocycles. The van der Waals surface area contributed by atoms with Crippen LogP contribution in [0.2, 0.25) is 5.02 Å². The average Bonchev–Trinajstić information content (AvgIpc) is 2.68. The lowest BCUT2D eigenvalue weighted by atomic mass is 9.95. The molecule has 1 atom stereocenters. The van der Waals surface area contributed by atoms with E-state index in [1.807, 2.05) is 24.3 Å². The van der Waals surface area contributed by atoms with Gasteiger partial charge in [0, 0.05) is 18.2 Å². The number of carbonyl (C=O) groups is 1. The molecule has 156 valence electrons. The molecular formula is C21H23ClF3N3O. The van der Waals surface area contributed by atoms with Gasteiger partial charge in [-0.15, -0.1) is 0 Å². The highest BCUT2D eigenvalue weighted by Crippen LogP contribution is 2.37. The quantitative estimate of drug-likeness (QED) is 0.675. The summed E-state index contributed by atoms with van der Waals surface area (Å²) in [7, 11) is 2.12. The number of rotatable bonds is 4. The minimum atomic E-state index is -4.69. The van der Waals surface area contributed by atoms with Crippen LogP contribution >= 0.6 is 11.6 Å². The number of amides is 1. The number of likely N-dealkylation sites (tertiary alicyclic amines) is 1. The standard InChI is InChI=1S/C21H23ClF3N3O/c1-28-9-3-2-4-18(28)14-7-5-13(6-8-14)12-27-20(29)15-10-16(21(23,24)25)19(26)17(22)11-15/h5-8,10-11,18H,2-4,9,12,26H2,1H3,(H,27,29)/t18-/m1/s1. The van der Waals surface area contributed by atoms with Gasteiger partial charge in [-0.3, -0.25) is 9.69 Å². The number of nitrogen functional groups attached to an aromatic ring is 1. The van der Waals surface area contributed by atoms with Crippen molar-refractivity contribution < 1.29 is 18.0 Å². The molecule has 1 heterocycles. The maximum atomic E-state index is 13.1. The van der Waals surface area contributed by atoms with Gasteiger partial charge in [0.05, 0.1) is 16.3 Å². The fourth-order valence-corrected chi connectivity index (χ4v) is 3.84. The molecule has 29 heavy (non-hydrogen) atoms. The van der Waals surface area contributed by atoms with Gasteiger partial charge in [0.25, 0.3) is 5.91 Å². The minimum Gasteiger partial charge on any atom is -0.397 e. The lowest BCUT2D eigenvalue weighted by molar-refractivity contribution is -0.136. The molecule has 0 aliphatic carbocycles. The smallest absolute Gasteiger partial charge is 0.397 e. The molecule has 0 unspecified atom stereocenters. The highest BCUT2D eigenvalue weighted by Gasteiger charge is 2.34. The summed E-state index contributed by atoms with van der Waals surface area (Å²) in [6.07, 6.45) is -1.16. The van der Waals surface area contributed by atoms with E-state index in [0.717, 1.165) is 30.7 Å². The third-order valence-corrected chi connectivity index (χ3v) is 5.60. The van der Waals surface area contributed by atoms with Crippen molar-refractivity contribution in [2.45, 2.75) is 38.0 Å². The number of halogens is 4. The van der Waals surface area contributed by atoms with Crippen molar-refractivity contribution in [1.29, 1.82) is 0 Å². The lowest BCUT2D eigenvalue weighted by Gasteiger charge is -2.32. The van der Waals surface area contributed by atoms with Gasteiger partial charge >= 0.3 is 6.18 Å². The summed E-state index contributed by atoms with van der Waals surface area (Å²) < 4.78 is 39.2. The lowest BCUT2D eigenvalue weighted by Crippen LogP contribution is -2.29. The molecule has 2 aromatic rings. The number of nitrogens with zero attached hydrogens (tertiary/aromatic N) is 1. The van der Waals surface area contributed by atoms with Crippen molar-refractivity contribution in [2.75, 3.05) is 19.3 Å². The van der Waals surface area contributed by atoms with Crippen LogP contribution in [0.15, 0.2) is 36.4 Å². The van der Waals surface area contributed by atoms with E-state index in [-0.39, 0.29) is 17.1 Å². The number of benzene rings is 2. The number of hydrogen-bond donors (Lipinski definition) is 2. The molecule has 0 spiro atoms. The van der Waals surface area contributed by atoms with Gasteiger partial charge in [0.15, 0.2) is 0 Å². The van der Waals surface area contributed by atoms with Gasteiger partial charge in [0.2, 0.25) is 0 Å². The predicted molar refractivity (Wildman–Crippen MR) is 108 cm³/mol. The first kappa shape index (κ1) is 21.5. The summed E-state index contributed by atoms with van der Waals surface area (Å²) in [4.78, 5) is 14.7. The summed E-state index contributed by atoms with van der Waals surface area (Å²) in [5, 5.41) is 2.33. The van der Waals surface area contributed by atoms with E-state index < -0.39 is 23.3 Å². The van der Waals surface area contributed by atoms with Crippen molar-refractivity contribution in [3.8, 4) is 0 Å². The topological polar surface area (TPSA) is 58.4 Å². The van der Waals surface area contributed by atoms with E-state index >= 15 is 0 Å². The molecule has 1 fully saturated rings. The van der Waals surface area contributed by atoms with E-state index in [9.17, 15) is 18.0 Å². The Hall–Kier alpha value is -2.25. The van der Waals surface area contributed by atoms with E-state index in [0.29, 0.717) is 6.04 Å². The number of piperidine rings is 1. The Kier molecular flexibility index (Phi) is 6.39. The second-order valence-electron chi connectivity index (χ2n) is 7.33. The summed E-state index contributed by atoms with van der Waals surface area (Å²) in [6, 6.07) is 10.2. The Balaban J connectivity index is 1.67. The molecule has 8 heteroatoms. The number of nitrogens with one attached hydrogen (secondary N) is 1. The van der Waals surface area contributed by atoms with Crippen molar-refractivity contribution in [2.24, 2.45) is 0 Å². The van der Waals surface area contributed by atoms with E-state index in [1.165, 1.54) is 18.4 Å². The molecule has 0 aromatic heterocycles. The van der Waals surface area contributed by atoms with E-state index in [1.54, 1.807) is 0 Å². The van der Waals surface area contributed by atoms with Crippen LogP contribution in [-0.4, -0.2) is 24.4 Å². The number of hydrogen-bond acceptors (Lipinski definition) is 3. The van der Waals surface area contributed by atoms with Crippen LogP contribution in [0.4, 0.5) is 18.9 Å². The first-order valence-corrected chi connectivity index (χ1v) is 9.78. The third kappa shape index (κ3) is 5.03. The zero-order valence-electron chi connectivity index (χ0n) is 16.0. The summed E-state index contributed by atoms with van der Waals surface area (Å²) in [5.74, 6) is -0.645. The number of alkyl halides is 3. The van der Waals surface area contributed by atoms with Crippen LogP contribution < -0.4 is 11.1 Å². The molecular weight excluding hydrogens is 403 g/mol. The Bertz CT molecular complexity index is 884. The zero-order valence-corrected chi connectivity index (χ0v) is 16.8. The van der Waals surface area contributed by atoms with Gasteiger partial charge in [-0.25, -0.2) is 0 Å². The van der Waals surface area contributed by atoms with Crippen LogP contribution in [0.3, 0.4) is 0 Å². The van der Waals surface area contributed by atoms with Crippen LogP contribution in [0.1, 0.15) is 52.4 Å². The molecule has 3 N–H and O–H groups in total. The van der Waals surface area contributed by atoms with Crippen LogP contribution in [0.25, 0.3) is 0 Å². The van der Waals surface area contributed by atoms with Crippen molar-refractivity contribution in [1.82, 2.24) is 10.2 Å². The van der Waals surface area contributed by atoms with Gasteiger partial charge in [-0.05, 0) is 49.7 Å². The maximum Gasteiger partial charge on any atom is 0.418 e. The second kappa shape index (κ2) is 8.63. The average molecular weight is 426 g/mol. The Morgan fingerprint density at radius 3 is 2.55 bits per heavy atom. The van der Waals surface area contributed by atoms with Gasteiger partial charge in [-0.2, -0.15) is 13.2 Å². The van der Waals surface area contributed by atoms with Gasteiger partial charge in [0.1, 0.15) is 0 Å².